The van der Waals surface area contributed by atoms with Gasteiger partial charge in [0.05, 0.1) is 30.5 Å². The lowest BCUT2D eigenvalue weighted by Crippen LogP contribution is -2.17. The van der Waals surface area contributed by atoms with E-state index in [9.17, 15) is 4.79 Å². The summed E-state index contributed by atoms with van der Waals surface area (Å²) in [6.07, 6.45) is 1.42. The molecule has 0 radical (unpaired) electrons. The molecule has 0 aromatic heterocycles. The normalized spacial score (nSPS) is 10.8. The van der Waals surface area contributed by atoms with Crippen LogP contribution in [0.4, 0.5) is 0 Å². The van der Waals surface area contributed by atoms with Gasteiger partial charge < -0.3 is 14.2 Å². The van der Waals surface area contributed by atoms with Crippen molar-refractivity contribution in [2.24, 2.45) is 5.10 Å². The summed E-state index contributed by atoms with van der Waals surface area (Å²) >= 11 is 18.8. The van der Waals surface area contributed by atoms with Crippen molar-refractivity contribution in [3.8, 4) is 17.2 Å². The lowest BCUT2D eigenvalue weighted by molar-refractivity contribution is 0.0954. The lowest BCUT2D eigenvalue weighted by Gasteiger charge is -2.11. The maximum absolute atomic E-state index is 12.3. The second-order valence-corrected chi connectivity index (χ2v) is 7.68. The molecule has 166 valence electrons. The van der Waals surface area contributed by atoms with Gasteiger partial charge in [0.15, 0.2) is 17.2 Å². The number of ether oxygens (including phenoxy) is 3. The highest BCUT2D eigenvalue weighted by Crippen LogP contribution is 2.35. The van der Waals surface area contributed by atoms with Crippen LogP contribution in [0, 0.1) is 0 Å². The first-order valence-electron chi connectivity index (χ1n) is 9.33. The van der Waals surface area contributed by atoms with Gasteiger partial charge in [-0.1, -0.05) is 53.0 Å². The average molecular weight is 494 g/mol. The second kappa shape index (κ2) is 11.1. The Morgan fingerprint density at radius 2 is 1.62 bits per heavy atom. The molecule has 0 saturated carbocycles. The van der Waals surface area contributed by atoms with Crippen molar-refractivity contribution in [2.75, 3.05) is 14.2 Å². The number of nitrogens with one attached hydrogen (secondary N) is 1. The molecule has 0 saturated heterocycles. The summed E-state index contributed by atoms with van der Waals surface area (Å²) in [5, 5.41) is 5.16. The number of carbonyl (C=O) groups is 1. The quantitative estimate of drug-likeness (QED) is 0.308. The van der Waals surface area contributed by atoms with Crippen LogP contribution >= 0.6 is 34.8 Å². The Labute approximate surface area is 200 Å². The summed E-state index contributed by atoms with van der Waals surface area (Å²) in [4.78, 5) is 12.3. The zero-order valence-corrected chi connectivity index (χ0v) is 19.5. The molecule has 3 rings (SSSR count). The molecule has 0 aliphatic rings. The average Bonchev–Trinajstić information content (AvgIpc) is 2.79. The highest BCUT2D eigenvalue weighted by Gasteiger charge is 2.12. The minimum absolute atomic E-state index is 0.216. The summed E-state index contributed by atoms with van der Waals surface area (Å²) < 4.78 is 16.1. The summed E-state index contributed by atoms with van der Waals surface area (Å²) in [6, 6.07) is 15.4. The van der Waals surface area contributed by atoms with Gasteiger partial charge in [-0.2, -0.15) is 5.10 Å². The number of rotatable bonds is 8. The van der Waals surface area contributed by atoms with E-state index in [0.717, 1.165) is 5.56 Å². The first-order chi connectivity index (χ1) is 15.4. The summed E-state index contributed by atoms with van der Waals surface area (Å²) in [7, 11) is 3.01. The molecule has 9 heteroatoms. The van der Waals surface area contributed by atoms with Gasteiger partial charge in [-0.3, -0.25) is 4.79 Å². The largest absolute Gasteiger partial charge is 0.493 e. The fourth-order valence-corrected chi connectivity index (χ4v) is 3.57. The Bertz CT molecular complexity index is 1130. The first kappa shape index (κ1) is 23.7. The van der Waals surface area contributed by atoms with Crippen LogP contribution in [0.25, 0.3) is 0 Å². The van der Waals surface area contributed by atoms with Crippen LogP contribution in [0.3, 0.4) is 0 Å². The van der Waals surface area contributed by atoms with Gasteiger partial charge in [0.25, 0.3) is 5.91 Å². The molecule has 0 spiro atoms. The molecular weight excluding hydrogens is 475 g/mol. The first-order valence-corrected chi connectivity index (χ1v) is 10.5. The molecule has 3 aromatic rings. The molecule has 3 aromatic carbocycles. The second-order valence-electron chi connectivity index (χ2n) is 6.46. The molecule has 0 bridgehead atoms. The highest BCUT2D eigenvalue weighted by atomic mass is 35.5. The zero-order chi connectivity index (χ0) is 23.1. The number of benzene rings is 3. The molecule has 0 aliphatic carbocycles. The Morgan fingerprint density at radius 1 is 0.938 bits per heavy atom. The van der Waals surface area contributed by atoms with Crippen LogP contribution in [0.15, 0.2) is 59.7 Å². The van der Waals surface area contributed by atoms with Crippen LogP contribution in [-0.2, 0) is 6.61 Å². The van der Waals surface area contributed by atoms with Crippen molar-refractivity contribution in [1.82, 2.24) is 5.43 Å². The van der Waals surface area contributed by atoms with Crippen molar-refractivity contribution >= 4 is 46.9 Å². The van der Waals surface area contributed by atoms with Crippen molar-refractivity contribution < 1.29 is 19.0 Å². The third-order valence-electron chi connectivity index (χ3n) is 4.38. The molecule has 0 fully saturated rings. The summed E-state index contributed by atoms with van der Waals surface area (Å²) in [5.41, 5.74) is 4.20. The number of hydrazone groups is 1. The molecule has 0 unspecified atom stereocenters. The topological polar surface area (TPSA) is 69.2 Å². The molecule has 0 aliphatic heterocycles. The van der Waals surface area contributed by atoms with Gasteiger partial charge in [-0.15, -0.1) is 0 Å². The van der Waals surface area contributed by atoms with Crippen molar-refractivity contribution in [3.05, 3.63) is 86.4 Å². The molecule has 32 heavy (non-hydrogen) atoms. The van der Waals surface area contributed by atoms with Crippen molar-refractivity contribution in [2.45, 2.75) is 6.61 Å². The van der Waals surface area contributed by atoms with E-state index < -0.39 is 5.91 Å². The number of hydrogen-bond donors (Lipinski definition) is 1. The Balaban J connectivity index is 1.66. The van der Waals surface area contributed by atoms with Crippen LogP contribution < -0.4 is 19.6 Å². The molecule has 1 N–H and O–H groups in total. The lowest BCUT2D eigenvalue weighted by atomic mass is 10.2. The summed E-state index contributed by atoms with van der Waals surface area (Å²) in [5.74, 6) is 0.877. The third-order valence-corrected chi connectivity index (χ3v) is 5.31. The number of amides is 1. The van der Waals surface area contributed by atoms with Crippen LogP contribution in [0.2, 0.25) is 15.1 Å². The molecule has 0 heterocycles. The van der Waals surface area contributed by atoms with E-state index >= 15 is 0 Å². The predicted molar refractivity (Wildman–Crippen MR) is 127 cm³/mol. The van der Waals surface area contributed by atoms with Crippen LogP contribution in [0.1, 0.15) is 21.5 Å². The van der Waals surface area contributed by atoms with Crippen LogP contribution in [0.5, 0.6) is 17.2 Å². The minimum Gasteiger partial charge on any atom is -0.493 e. The van der Waals surface area contributed by atoms with E-state index in [-0.39, 0.29) is 6.61 Å². The zero-order valence-electron chi connectivity index (χ0n) is 17.2. The van der Waals surface area contributed by atoms with Crippen molar-refractivity contribution in [3.63, 3.8) is 0 Å². The standard InChI is InChI=1S/C23H19Cl3N2O4/c1-30-20-8-7-15(11-21(20)31-2)23(29)28-27-12-14-9-18(25)22(19(26)10-14)32-13-16-5-3-4-6-17(16)24/h3-12H,13H2,1-2H3,(H,28,29)/b27-12+. The Kier molecular flexibility index (Phi) is 8.22. The fourth-order valence-electron chi connectivity index (χ4n) is 2.76. The van der Waals surface area contributed by atoms with Crippen molar-refractivity contribution in [1.29, 1.82) is 0 Å². The number of hydrogen-bond acceptors (Lipinski definition) is 5. The van der Waals surface area contributed by atoms with Gasteiger partial charge in [0.1, 0.15) is 6.61 Å². The highest BCUT2D eigenvalue weighted by molar-refractivity contribution is 6.37. The maximum Gasteiger partial charge on any atom is 0.271 e. The molecular formula is C23H19Cl3N2O4. The van der Waals surface area contributed by atoms with E-state index in [4.69, 9.17) is 49.0 Å². The van der Waals surface area contributed by atoms with Gasteiger partial charge in [-0.05, 0) is 42.0 Å². The number of halogens is 3. The van der Waals surface area contributed by atoms with Gasteiger partial charge in [0, 0.05) is 16.1 Å². The van der Waals surface area contributed by atoms with Crippen LogP contribution in [-0.4, -0.2) is 26.3 Å². The van der Waals surface area contributed by atoms with Gasteiger partial charge >= 0.3 is 0 Å². The molecule has 1 amide bonds. The molecule has 6 nitrogen and oxygen atoms in total. The number of nitrogens with zero attached hydrogens (tertiary/aromatic N) is 1. The predicted octanol–water partition coefficient (Wildman–Crippen LogP) is 6.01. The SMILES string of the molecule is COc1ccc(C(=O)N/N=C/c2cc(Cl)c(OCc3ccccc3Cl)c(Cl)c2)cc1OC. The van der Waals surface area contributed by atoms with E-state index in [0.29, 0.717) is 43.4 Å². The molecule has 0 atom stereocenters. The number of methoxy groups -OCH3 is 2. The van der Waals surface area contributed by atoms with Gasteiger partial charge in [-0.25, -0.2) is 5.43 Å². The number of carbonyl (C=O) groups excluding carboxylic acids is 1. The monoisotopic (exact) mass is 492 g/mol. The van der Waals surface area contributed by atoms with E-state index in [1.165, 1.54) is 20.4 Å². The third kappa shape index (κ3) is 5.85. The summed E-state index contributed by atoms with van der Waals surface area (Å²) in [6.45, 7) is 0.216. The van der Waals surface area contributed by atoms with E-state index in [1.807, 2.05) is 18.2 Å². The van der Waals surface area contributed by atoms with Gasteiger partial charge in [0.2, 0.25) is 0 Å². The maximum atomic E-state index is 12.3. The Hall–Kier alpha value is -2.93. The van der Waals surface area contributed by atoms with E-state index in [1.54, 1.807) is 36.4 Å². The Morgan fingerprint density at radius 3 is 2.28 bits per heavy atom. The fraction of sp³-hybridized carbons (Fsp3) is 0.130. The smallest absolute Gasteiger partial charge is 0.271 e. The van der Waals surface area contributed by atoms with E-state index in [2.05, 4.69) is 10.5 Å². The minimum atomic E-state index is -0.418.